The summed E-state index contributed by atoms with van der Waals surface area (Å²) in [5.41, 5.74) is 6.78. The number of anilines is 1. The number of fused-ring (bicyclic) bond motifs is 1. The van der Waals surface area contributed by atoms with E-state index in [1.54, 1.807) is 19.2 Å². The van der Waals surface area contributed by atoms with Crippen LogP contribution in [0.1, 0.15) is 6.92 Å². The van der Waals surface area contributed by atoms with Crippen LogP contribution in [-0.4, -0.2) is 37.0 Å². The van der Waals surface area contributed by atoms with Crippen molar-refractivity contribution in [1.29, 1.82) is 0 Å². The number of amides is 1. The molecule has 0 aliphatic heterocycles. The minimum Gasteiger partial charge on any atom is -0.492 e. The molecule has 0 aliphatic carbocycles. The second-order valence-electron chi connectivity index (χ2n) is 4.72. The maximum Gasteiger partial charge on any atom is 0.275 e. The lowest BCUT2D eigenvalue weighted by Gasteiger charge is -2.11. The normalized spacial score (nSPS) is 11.7. The number of ether oxygens (including phenoxy) is 1. The van der Waals surface area contributed by atoms with Gasteiger partial charge in [0.05, 0.1) is 17.4 Å². The van der Waals surface area contributed by atoms with Crippen molar-refractivity contribution in [3.63, 3.8) is 0 Å². The largest absolute Gasteiger partial charge is 0.492 e. The molecule has 0 aliphatic rings. The third-order valence-electron chi connectivity index (χ3n) is 3.03. The minimum absolute atomic E-state index is 0.143. The zero-order valence-corrected chi connectivity index (χ0v) is 13.4. The quantitative estimate of drug-likeness (QED) is 0.601. The molecule has 7 heteroatoms. The maximum absolute atomic E-state index is 12.4. The van der Waals surface area contributed by atoms with Gasteiger partial charge in [0.25, 0.3) is 5.91 Å². The molecule has 0 fully saturated rings. The van der Waals surface area contributed by atoms with Crippen LogP contribution in [0.25, 0.3) is 10.9 Å². The van der Waals surface area contributed by atoms with Crippen LogP contribution in [0.2, 0.25) is 0 Å². The van der Waals surface area contributed by atoms with Gasteiger partial charge in [0.1, 0.15) is 18.1 Å². The summed E-state index contributed by atoms with van der Waals surface area (Å²) in [5.74, 6) is 0.186. The number of pyridine rings is 1. The van der Waals surface area contributed by atoms with Gasteiger partial charge in [0.15, 0.2) is 0 Å². The fourth-order valence-electron chi connectivity index (χ4n) is 2.08. The van der Waals surface area contributed by atoms with E-state index in [2.05, 4.69) is 27.0 Å². The monoisotopic (exact) mass is 325 g/mol. The first-order chi connectivity index (χ1) is 11.7. The number of hydrogen-bond acceptors (Lipinski definition) is 6. The van der Waals surface area contributed by atoms with E-state index >= 15 is 0 Å². The van der Waals surface area contributed by atoms with Crippen LogP contribution in [0, 0.1) is 0 Å². The van der Waals surface area contributed by atoms with Gasteiger partial charge in [-0.25, -0.2) is 0 Å². The number of aliphatic imine (C=N–C) groups is 2. The molecule has 0 saturated heterocycles. The van der Waals surface area contributed by atoms with Crippen molar-refractivity contribution in [2.24, 2.45) is 15.7 Å². The van der Waals surface area contributed by atoms with Crippen LogP contribution in [0.3, 0.4) is 0 Å². The van der Waals surface area contributed by atoms with Crippen molar-refractivity contribution < 1.29 is 9.53 Å². The molecule has 2 rings (SSSR count). The van der Waals surface area contributed by atoms with Crippen molar-refractivity contribution in [1.82, 2.24) is 4.98 Å². The summed E-state index contributed by atoms with van der Waals surface area (Å²) in [6, 6.07) is 7.26. The number of nitrogens with one attached hydrogen (secondary N) is 1. The van der Waals surface area contributed by atoms with Crippen LogP contribution in [-0.2, 0) is 4.79 Å². The first kappa shape index (κ1) is 17.3. The fourth-order valence-corrected chi connectivity index (χ4v) is 2.08. The Balaban J connectivity index is 2.40. The minimum atomic E-state index is -0.413. The molecule has 0 spiro atoms. The zero-order valence-electron chi connectivity index (χ0n) is 13.4. The van der Waals surface area contributed by atoms with Gasteiger partial charge in [0.2, 0.25) is 0 Å². The molecule has 0 saturated carbocycles. The predicted octanol–water partition coefficient (Wildman–Crippen LogP) is 2.14. The number of carbonyl (C=O) groups is 1. The van der Waals surface area contributed by atoms with Crippen molar-refractivity contribution in [2.45, 2.75) is 6.92 Å². The maximum atomic E-state index is 12.4. The zero-order chi connectivity index (χ0) is 17.4. The van der Waals surface area contributed by atoms with E-state index in [9.17, 15) is 4.79 Å². The van der Waals surface area contributed by atoms with Crippen LogP contribution in [0.4, 0.5) is 5.69 Å². The van der Waals surface area contributed by atoms with Gasteiger partial charge >= 0.3 is 0 Å². The Morgan fingerprint density at radius 1 is 1.50 bits per heavy atom. The summed E-state index contributed by atoms with van der Waals surface area (Å²) in [6.07, 6.45) is 4.46. The lowest BCUT2D eigenvalue weighted by Crippen LogP contribution is -2.14. The number of hydrogen-bond donors (Lipinski definition) is 2. The average molecular weight is 325 g/mol. The molecule has 7 nitrogen and oxygen atoms in total. The van der Waals surface area contributed by atoms with Crippen LogP contribution in [0.5, 0.6) is 5.75 Å². The summed E-state index contributed by atoms with van der Waals surface area (Å²) >= 11 is 0. The predicted molar refractivity (Wildman–Crippen MR) is 96.7 cm³/mol. The Morgan fingerprint density at radius 3 is 3.04 bits per heavy atom. The highest BCUT2D eigenvalue weighted by Gasteiger charge is 2.12. The van der Waals surface area contributed by atoms with Gasteiger partial charge in [-0.05, 0) is 25.8 Å². The van der Waals surface area contributed by atoms with Gasteiger partial charge in [-0.3, -0.25) is 19.8 Å². The highest BCUT2D eigenvalue weighted by atomic mass is 16.5. The third-order valence-corrected chi connectivity index (χ3v) is 3.03. The van der Waals surface area contributed by atoms with Crippen LogP contribution in [0.15, 0.2) is 52.3 Å². The van der Waals surface area contributed by atoms with E-state index in [0.29, 0.717) is 30.1 Å². The highest BCUT2D eigenvalue weighted by Crippen LogP contribution is 2.28. The number of nitrogens with two attached hydrogens (primary N) is 1. The number of carbonyl (C=O) groups excluding carboxylic acids is 1. The van der Waals surface area contributed by atoms with E-state index in [1.165, 1.54) is 12.4 Å². The molecule has 1 heterocycles. The molecule has 3 N–H and O–H groups in total. The molecular formula is C17H19N5O2. The topological polar surface area (TPSA) is 102 Å². The molecule has 0 atom stereocenters. The second kappa shape index (κ2) is 8.54. The second-order valence-corrected chi connectivity index (χ2v) is 4.72. The van der Waals surface area contributed by atoms with Crippen molar-refractivity contribution >= 4 is 35.4 Å². The van der Waals surface area contributed by atoms with Crippen molar-refractivity contribution in [2.75, 3.05) is 18.5 Å². The van der Waals surface area contributed by atoms with Gasteiger partial charge in [0, 0.05) is 30.4 Å². The average Bonchev–Trinajstić information content (AvgIpc) is 2.59. The highest BCUT2D eigenvalue weighted by molar-refractivity contribution is 6.08. The van der Waals surface area contributed by atoms with Gasteiger partial charge in [-0.15, -0.1) is 0 Å². The Morgan fingerprint density at radius 2 is 2.33 bits per heavy atom. The summed E-state index contributed by atoms with van der Waals surface area (Å²) in [4.78, 5) is 24.3. The summed E-state index contributed by atoms with van der Waals surface area (Å²) in [6.45, 7) is 5.83. The molecule has 0 bridgehead atoms. The Hall–Kier alpha value is -3.06. The van der Waals surface area contributed by atoms with E-state index in [4.69, 9.17) is 10.5 Å². The SMILES string of the molecule is C=N/C=C(\N=CC)C(=O)Nc1cc(OCCN)cc2cccnc12. The van der Waals surface area contributed by atoms with E-state index in [0.717, 1.165) is 5.39 Å². The molecule has 2 aromatic rings. The van der Waals surface area contributed by atoms with E-state index in [-0.39, 0.29) is 5.70 Å². The number of rotatable bonds is 7. The molecule has 0 unspecified atom stereocenters. The standard InChI is InChI=1S/C17H19N5O2/c1-3-20-15(11-19-2)17(23)22-14-10-13(24-8-6-18)9-12-5-4-7-21-16(12)14/h3-5,7,9-11H,2,6,8,18H2,1H3,(H,22,23)/b15-11-,20-3?. The van der Waals surface area contributed by atoms with Crippen molar-refractivity contribution in [3.05, 3.63) is 42.4 Å². The molecule has 1 aromatic carbocycles. The van der Waals surface area contributed by atoms with E-state index in [1.807, 2.05) is 18.2 Å². The third kappa shape index (κ3) is 4.23. The molecule has 1 amide bonds. The van der Waals surface area contributed by atoms with Gasteiger partial charge in [-0.2, -0.15) is 0 Å². The van der Waals surface area contributed by atoms with E-state index < -0.39 is 5.91 Å². The van der Waals surface area contributed by atoms with Crippen LogP contribution >= 0.6 is 0 Å². The smallest absolute Gasteiger partial charge is 0.275 e. The van der Waals surface area contributed by atoms with Crippen molar-refractivity contribution in [3.8, 4) is 5.75 Å². The van der Waals surface area contributed by atoms with Gasteiger partial charge < -0.3 is 15.8 Å². The molecule has 0 radical (unpaired) electrons. The Bertz CT molecular complexity index is 799. The molecule has 124 valence electrons. The molecule has 24 heavy (non-hydrogen) atoms. The van der Waals surface area contributed by atoms with Crippen LogP contribution < -0.4 is 15.8 Å². The number of nitrogens with zero attached hydrogens (tertiary/aromatic N) is 3. The molecular weight excluding hydrogens is 306 g/mol. The summed E-state index contributed by atoms with van der Waals surface area (Å²) < 4.78 is 5.56. The fraction of sp³-hybridized carbons (Fsp3) is 0.176. The lowest BCUT2D eigenvalue weighted by molar-refractivity contribution is -0.112. The summed E-state index contributed by atoms with van der Waals surface area (Å²) in [5, 5.41) is 3.63. The number of aromatic nitrogens is 1. The summed E-state index contributed by atoms with van der Waals surface area (Å²) in [7, 11) is 0. The molecule has 1 aromatic heterocycles. The van der Waals surface area contributed by atoms with Gasteiger partial charge in [-0.1, -0.05) is 6.07 Å². The Kier molecular flexibility index (Phi) is 6.16. The number of benzene rings is 1. The first-order valence-electron chi connectivity index (χ1n) is 7.37. The Labute approximate surface area is 140 Å². The lowest BCUT2D eigenvalue weighted by atomic mass is 10.1. The first-order valence-corrected chi connectivity index (χ1v) is 7.37.